The van der Waals surface area contributed by atoms with Crippen LogP contribution < -0.4 is 20.7 Å². The minimum Gasteiger partial charge on any atom is -0.309 e. The molecule has 6 heteroatoms. The van der Waals surface area contributed by atoms with Crippen molar-refractivity contribution in [2.45, 2.75) is 0 Å². The molecule has 0 spiro atoms. The molecule has 0 bridgehead atoms. The SMILES string of the molecule is c1ccc(-c2nc(-c3cccc4c3-n3c5ccccc5c5cccc(c53)[Si]4(c3ccccc3)c3ccccc3)nc(-n3c4ccccc4c4ccccc43)n2)cc1. The van der Waals surface area contributed by atoms with E-state index in [4.69, 9.17) is 15.0 Å². The number of benzene rings is 8. The van der Waals surface area contributed by atoms with E-state index in [0.717, 1.165) is 44.1 Å². The zero-order valence-corrected chi connectivity index (χ0v) is 31.8. The van der Waals surface area contributed by atoms with Gasteiger partial charge in [-0.15, -0.1) is 0 Å². The van der Waals surface area contributed by atoms with Crippen molar-refractivity contribution in [1.29, 1.82) is 0 Å². The van der Waals surface area contributed by atoms with Crippen molar-refractivity contribution in [1.82, 2.24) is 24.1 Å². The highest BCUT2D eigenvalue weighted by molar-refractivity contribution is 7.21. The number of para-hydroxylation sites is 5. The molecule has 0 unspecified atom stereocenters. The molecule has 8 aromatic carbocycles. The van der Waals surface area contributed by atoms with E-state index < -0.39 is 8.07 Å². The molecule has 266 valence electrons. The molecule has 57 heavy (non-hydrogen) atoms. The minimum atomic E-state index is -2.95. The van der Waals surface area contributed by atoms with Crippen molar-refractivity contribution < 1.29 is 0 Å². The number of fused-ring (bicyclic) bond motifs is 8. The van der Waals surface area contributed by atoms with E-state index in [-0.39, 0.29) is 0 Å². The number of aromatic nitrogens is 5. The van der Waals surface area contributed by atoms with Gasteiger partial charge in [-0.25, -0.2) is 4.98 Å². The molecule has 3 aromatic heterocycles. The van der Waals surface area contributed by atoms with Gasteiger partial charge in [0.2, 0.25) is 5.95 Å². The second kappa shape index (κ2) is 12.3. The summed E-state index contributed by atoms with van der Waals surface area (Å²) in [6.45, 7) is 0. The van der Waals surface area contributed by atoms with Gasteiger partial charge in [0.25, 0.3) is 0 Å². The highest BCUT2D eigenvalue weighted by Gasteiger charge is 2.48. The quantitative estimate of drug-likeness (QED) is 0.165. The van der Waals surface area contributed by atoms with Crippen LogP contribution in [0.1, 0.15) is 0 Å². The van der Waals surface area contributed by atoms with Gasteiger partial charge in [-0.3, -0.25) is 4.57 Å². The molecule has 0 saturated carbocycles. The molecular formula is C51H33N5Si. The first-order chi connectivity index (χ1) is 28.3. The summed E-state index contributed by atoms with van der Waals surface area (Å²) < 4.78 is 4.71. The average molecular weight is 744 g/mol. The Balaban J connectivity index is 1.25. The lowest BCUT2D eigenvalue weighted by Gasteiger charge is -2.40. The summed E-state index contributed by atoms with van der Waals surface area (Å²) >= 11 is 0. The third-order valence-corrected chi connectivity index (χ3v) is 16.7. The average Bonchev–Trinajstić information content (AvgIpc) is 3.81. The highest BCUT2D eigenvalue weighted by atomic mass is 28.3. The molecule has 0 fully saturated rings. The zero-order chi connectivity index (χ0) is 37.5. The fourth-order valence-electron chi connectivity index (χ4n) is 9.57. The van der Waals surface area contributed by atoms with Crippen molar-refractivity contribution in [3.8, 4) is 34.4 Å². The van der Waals surface area contributed by atoms with Crippen LogP contribution in [0, 0.1) is 0 Å². The predicted molar refractivity (Wildman–Crippen MR) is 237 cm³/mol. The smallest absolute Gasteiger partial charge is 0.238 e. The van der Waals surface area contributed by atoms with Gasteiger partial charge in [-0.2, -0.15) is 9.97 Å². The van der Waals surface area contributed by atoms with Crippen LogP contribution in [0.2, 0.25) is 0 Å². The molecule has 12 rings (SSSR count). The van der Waals surface area contributed by atoms with E-state index in [1.807, 2.05) is 18.2 Å². The van der Waals surface area contributed by atoms with Gasteiger partial charge in [0.1, 0.15) is 0 Å². The second-order valence-corrected chi connectivity index (χ2v) is 18.5. The lowest BCUT2D eigenvalue weighted by molar-refractivity contribution is 0.952. The Kier molecular flexibility index (Phi) is 6.88. The molecule has 0 N–H and O–H groups in total. The van der Waals surface area contributed by atoms with E-state index in [2.05, 4.69) is 191 Å². The van der Waals surface area contributed by atoms with E-state index >= 15 is 0 Å². The van der Waals surface area contributed by atoms with Crippen LogP contribution in [0.3, 0.4) is 0 Å². The first-order valence-corrected chi connectivity index (χ1v) is 21.4. The second-order valence-electron chi connectivity index (χ2n) is 14.8. The first kappa shape index (κ1) is 31.9. The Morgan fingerprint density at radius 3 is 1.46 bits per heavy atom. The fraction of sp³-hybridized carbons (Fsp3) is 0. The van der Waals surface area contributed by atoms with Crippen molar-refractivity contribution in [3.05, 3.63) is 200 Å². The maximum atomic E-state index is 5.50. The summed E-state index contributed by atoms with van der Waals surface area (Å²) in [6, 6.07) is 72.2. The van der Waals surface area contributed by atoms with Gasteiger partial charge in [0.15, 0.2) is 19.7 Å². The Morgan fingerprint density at radius 2 is 0.825 bits per heavy atom. The summed E-state index contributed by atoms with van der Waals surface area (Å²) in [6.07, 6.45) is 0. The Bertz CT molecular complexity index is 3260. The van der Waals surface area contributed by atoms with E-state index in [9.17, 15) is 0 Å². The molecule has 0 saturated heterocycles. The van der Waals surface area contributed by atoms with Crippen LogP contribution in [0.25, 0.3) is 78.0 Å². The molecule has 11 aromatic rings. The molecule has 4 heterocycles. The number of hydrogen-bond acceptors (Lipinski definition) is 3. The molecule has 0 amide bonds. The molecule has 0 atom stereocenters. The maximum Gasteiger partial charge on any atom is 0.238 e. The van der Waals surface area contributed by atoms with Crippen LogP contribution in [0.15, 0.2) is 200 Å². The summed E-state index contributed by atoms with van der Waals surface area (Å²) in [4.78, 5) is 16.2. The Morgan fingerprint density at radius 1 is 0.351 bits per heavy atom. The van der Waals surface area contributed by atoms with Crippen LogP contribution >= 0.6 is 0 Å². The number of nitrogens with zero attached hydrogens (tertiary/aromatic N) is 5. The van der Waals surface area contributed by atoms with Crippen LogP contribution in [-0.4, -0.2) is 32.2 Å². The summed E-state index contributed by atoms with van der Waals surface area (Å²) in [5.74, 6) is 1.84. The first-order valence-electron chi connectivity index (χ1n) is 19.4. The van der Waals surface area contributed by atoms with E-state index in [1.54, 1.807) is 0 Å². The molecule has 1 aliphatic rings. The summed E-state index contributed by atoms with van der Waals surface area (Å²) in [5.41, 5.74) is 7.54. The van der Waals surface area contributed by atoms with Crippen molar-refractivity contribution in [2.24, 2.45) is 0 Å². The number of hydrogen-bond donors (Lipinski definition) is 0. The van der Waals surface area contributed by atoms with E-state index in [0.29, 0.717) is 17.6 Å². The standard InChI is InChI=1S/C51H33N5Si/c1-4-18-34(19-5-1)49-52-50(54-51(53-49)55-42-29-13-10-24-37(42)38-25-11-14-30-43(38)55)41-28-17-33-46-48(41)56-44-31-15-12-26-39(44)40-27-16-32-45(47(40)56)57(46,35-20-6-2-7-21-35)36-22-8-3-9-23-36/h1-33H. The zero-order valence-electron chi connectivity index (χ0n) is 30.8. The lowest BCUT2D eigenvalue weighted by atomic mass is 10.1. The van der Waals surface area contributed by atoms with Gasteiger partial charge >= 0.3 is 0 Å². The van der Waals surface area contributed by atoms with Crippen molar-refractivity contribution in [3.63, 3.8) is 0 Å². The highest BCUT2D eigenvalue weighted by Crippen LogP contribution is 2.39. The monoisotopic (exact) mass is 743 g/mol. The van der Waals surface area contributed by atoms with Gasteiger partial charge in [0.05, 0.1) is 27.8 Å². The number of rotatable bonds is 5. The van der Waals surface area contributed by atoms with Crippen molar-refractivity contribution >= 4 is 72.4 Å². The predicted octanol–water partition coefficient (Wildman–Crippen LogP) is 9.09. The van der Waals surface area contributed by atoms with Crippen LogP contribution in [-0.2, 0) is 0 Å². The van der Waals surface area contributed by atoms with Gasteiger partial charge in [0, 0.05) is 32.7 Å². The third-order valence-electron chi connectivity index (χ3n) is 11.9. The van der Waals surface area contributed by atoms with Crippen LogP contribution in [0.4, 0.5) is 0 Å². The fourth-order valence-corrected chi connectivity index (χ4v) is 14.7. The van der Waals surface area contributed by atoms with Gasteiger partial charge < -0.3 is 4.57 Å². The molecule has 5 nitrogen and oxygen atoms in total. The molecular weight excluding hydrogens is 711 g/mol. The van der Waals surface area contributed by atoms with Gasteiger partial charge in [-0.1, -0.05) is 176 Å². The maximum absolute atomic E-state index is 5.50. The van der Waals surface area contributed by atoms with Crippen LogP contribution in [0.5, 0.6) is 0 Å². The normalized spacial score (nSPS) is 13.1. The summed E-state index contributed by atoms with van der Waals surface area (Å²) in [7, 11) is -2.95. The minimum absolute atomic E-state index is 0.585. The largest absolute Gasteiger partial charge is 0.309 e. The molecule has 1 aliphatic heterocycles. The summed E-state index contributed by atoms with van der Waals surface area (Å²) in [5, 5.41) is 10.2. The Labute approximate surface area is 329 Å². The molecule has 0 aliphatic carbocycles. The van der Waals surface area contributed by atoms with Gasteiger partial charge in [-0.05, 0) is 45.0 Å². The third kappa shape index (κ3) is 4.47. The van der Waals surface area contributed by atoms with Crippen molar-refractivity contribution in [2.75, 3.05) is 0 Å². The topological polar surface area (TPSA) is 48.5 Å². The van der Waals surface area contributed by atoms with E-state index in [1.165, 1.54) is 37.0 Å². The lowest BCUT2D eigenvalue weighted by Crippen LogP contribution is -2.76. The molecule has 0 radical (unpaired) electrons. The Hall–Kier alpha value is -7.41.